The number of amides is 1. The van der Waals surface area contributed by atoms with Crippen molar-refractivity contribution in [2.75, 3.05) is 14.8 Å². The second-order valence-electron chi connectivity index (χ2n) is 7.29. The van der Waals surface area contributed by atoms with Crippen LogP contribution in [0.15, 0.2) is 107 Å². The van der Waals surface area contributed by atoms with Crippen molar-refractivity contribution in [2.24, 2.45) is 5.10 Å². The summed E-state index contributed by atoms with van der Waals surface area (Å²) >= 11 is 6.92. The first-order chi connectivity index (χ1) is 16.5. The third-order valence-electron chi connectivity index (χ3n) is 5.03. The van der Waals surface area contributed by atoms with E-state index in [1.807, 2.05) is 91.0 Å². The van der Waals surface area contributed by atoms with Crippen molar-refractivity contribution < 1.29 is 14.3 Å². The number of thiocarbonyl (C=S) groups is 1. The number of rotatable bonds is 3. The van der Waals surface area contributed by atoms with Crippen LogP contribution in [0.1, 0.15) is 6.92 Å². The van der Waals surface area contributed by atoms with Gasteiger partial charge in [-0.1, -0.05) is 54.6 Å². The van der Waals surface area contributed by atoms with E-state index in [4.69, 9.17) is 17.0 Å². The summed E-state index contributed by atoms with van der Waals surface area (Å²) < 4.78 is 5.29. The van der Waals surface area contributed by atoms with Gasteiger partial charge in [0.05, 0.1) is 11.4 Å². The predicted octanol–water partition coefficient (Wildman–Crippen LogP) is 5.08. The van der Waals surface area contributed by atoms with Crippen molar-refractivity contribution in [2.45, 2.75) is 6.92 Å². The zero-order valence-corrected chi connectivity index (χ0v) is 19.6. The molecular formula is C25H18N4O3S2. The van der Waals surface area contributed by atoms with Crippen LogP contribution in [0.3, 0.4) is 0 Å². The molecule has 1 fully saturated rings. The third-order valence-corrected chi connectivity index (χ3v) is 6.30. The number of para-hydroxylation sites is 3. The quantitative estimate of drug-likeness (QED) is 0.291. The number of hydrogen-bond acceptors (Lipinski definition) is 7. The number of benzene rings is 3. The van der Waals surface area contributed by atoms with Gasteiger partial charge in [-0.25, -0.2) is 5.01 Å². The number of ether oxygens (including phenoxy) is 1. The fraction of sp³-hybridized carbons (Fsp3) is 0.0400. The molecule has 0 saturated carbocycles. The Bertz CT molecular complexity index is 1330. The van der Waals surface area contributed by atoms with Gasteiger partial charge in [-0.3, -0.25) is 19.4 Å². The van der Waals surface area contributed by atoms with Crippen LogP contribution < -0.4 is 14.8 Å². The molecule has 168 valence electrons. The number of carbonyl (C=O) groups is 2. The summed E-state index contributed by atoms with van der Waals surface area (Å²) in [5.41, 5.74) is 2.42. The Balaban J connectivity index is 1.70. The van der Waals surface area contributed by atoms with Crippen LogP contribution in [0.5, 0.6) is 0 Å². The average Bonchev–Trinajstić information content (AvgIpc) is 3.37. The topological polar surface area (TPSA) is 65.5 Å². The number of esters is 1. The summed E-state index contributed by atoms with van der Waals surface area (Å²) in [5.74, 6) is -0.799. The Morgan fingerprint density at radius 3 is 1.85 bits per heavy atom. The standard InChI is InChI=1S/C25H18N4O3S2/c1-17(30)32-24-26-29(20-15-9-4-10-16-20)23(34-24)21-22(31)28(19-13-7-3-8-14-19)25(33)27(21)18-11-5-2-6-12-18/h2-16H,1H3. The minimum absolute atomic E-state index is 0.128. The summed E-state index contributed by atoms with van der Waals surface area (Å²) in [6.07, 6.45) is 0. The predicted molar refractivity (Wildman–Crippen MR) is 138 cm³/mol. The van der Waals surface area contributed by atoms with E-state index < -0.39 is 5.97 Å². The third kappa shape index (κ3) is 3.95. The Hall–Kier alpha value is -3.95. The average molecular weight is 487 g/mol. The largest absolute Gasteiger partial charge is 0.400 e. The summed E-state index contributed by atoms with van der Waals surface area (Å²) in [6, 6.07) is 28.0. The van der Waals surface area contributed by atoms with Gasteiger partial charge in [-0.2, -0.15) is 0 Å². The maximum absolute atomic E-state index is 13.9. The summed E-state index contributed by atoms with van der Waals surface area (Å²) in [7, 11) is 0. The highest BCUT2D eigenvalue weighted by atomic mass is 32.2. The summed E-state index contributed by atoms with van der Waals surface area (Å²) in [6.45, 7) is 1.31. The Kier molecular flexibility index (Phi) is 5.87. The van der Waals surface area contributed by atoms with Crippen LogP contribution in [-0.4, -0.2) is 22.2 Å². The highest BCUT2D eigenvalue weighted by Gasteiger charge is 2.45. The molecule has 3 aromatic carbocycles. The number of anilines is 3. The number of hydrogen-bond donors (Lipinski definition) is 0. The van der Waals surface area contributed by atoms with E-state index in [0.717, 1.165) is 17.4 Å². The van der Waals surface area contributed by atoms with Gasteiger partial charge < -0.3 is 4.74 Å². The van der Waals surface area contributed by atoms with E-state index in [2.05, 4.69) is 5.10 Å². The normalized spacial score (nSPS) is 17.9. The minimum Gasteiger partial charge on any atom is -0.400 e. The maximum Gasteiger partial charge on any atom is 0.309 e. The molecule has 9 heteroatoms. The van der Waals surface area contributed by atoms with Crippen LogP contribution in [-0.2, 0) is 14.3 Å². The first-order valence-electron chi connectivity index (χ1n) is 10.4. The molecule has 0 spiro atoms. The first-order valence-corrected chi connectivity index (χ1v) is 11.6. The van der Waals surface area contributed by atoms with Gasteiger partial charge in [0.15, 0.2) is 5.11 Å². The molecule has 2 aliphatic rings. The zero-order valence-electron chi connectivity index (χ0n) is 18.0. The smallest absolute Gasteiger partial charge is 0.309 e. The zero-order chi connectivity index (χ0) is 23.7. The fourth-order valence-electron chi connectivity index (χ4n) is 3.62. The number of nitrogens with zero attached hydrogens (tertiary/aromatic N) is 4. The van der Waals surface area contributed by atoms with Gasteiger partial charge >= 0.3 is 5.97 Å². The minimum atomic E-state index is -0.496. The number of thioether (sulfide) groups is 1. The monoisotopic (exact) mass is 486 g/mol. The van der Waals surface area contributed by atoms with Gasteiger partial charge in [0.25, 0.3) is 11.1 Å². The van der Waals surface area contributed by atoms with Crippen LogP contribution in [0, 0.1) is 0 Å². The van der Waals surface area contributed by atoms with Crippen LogP contribution in [0.25, 0.3) is 0 Å². The van der Waals surface area contributed by atoms with Crippen molar-refractivity contribution in [3.8, 4) is 0 Å². The highest BCUT2D eigenvalue weighted by molar-refractivity contribution is 8.17. The highest BCUT2D eigenvalue weighted by Crippen LogP contribution is 2.42. The van der Waals surface area contributed by atoms with Gasteiger partial charge in [-0.15, -0.1) is 5.10 Å². The van der Waals surface area contributed by atoms with Crippen molar-refractivity contribution in [1.82, 2.24) is 0 Å². The molecule has 34 heavy (non-hydrogen) atoms. The molecule has 1 saturated heterocycles. The lowest BCUT2D eigenvalue weighted by Gasteiger charge is -2.22. The Morgan fingerprint density at radius 1 is 0.824 bits per heavy atom. The SMILES string of the molecule is CC(=O)OC1=NN(c2ccccc2)C(=C2C(=O)N(c3ccccc3)C(=S)N2c2ccccc2)S1. The lowest BCUT2D eigenvalue weighted by molar-refractivity contribution is -0.132. The number of hydrazone groups is 1. The molecule has 3 aromatic rings. The molecule has 0 N–H and O–H groups in total. The lowest BCUT2D eigenvalue weighted by atomic mass is 10.2. The molecule has 0 atom stereocenters. The van der Waals surface area contributed by atoms with Gasteiger partial charge in [0, 0.05) is 12.6 Å². The molecular weight excluding hydrogens is 468 g/mol. The van der Waals surface area contributed by atoms with E-state index in [-0.39, 0.29) is 11.1 Å². The Morgan fingerprint density at radius 2 is 1.32 bits per heavy atom. The molecule has 1 amide bonds. The van der Waals surface area contributed by atoms with Crippen molar-refractivity contribution in [1.29, 1.82) is 0 Å². The van der Waals surface area contributed by atoms with Crippen LogP contribution >= 0.6 is 24.0 Å². The molecule has 0 radical (unpaired) electrons. The van der Waals surface area contributed by atoms with Gasteiger partial charge in [0.1, 0.15) is 10.7 Å². The second kappa shape index (κ2) is 9.12. The van der Waals surface area contributed by atoms with Gasteiger partial charge in [0.2, 0.25) is 0 Å². The van der Waals surface area contributed by atoms with Crippen LogP contribution in [0.2, 0.25) is 0 Å². The molecule has 2 heterocycles. The van der Waals surface area contributed by atoms with E-state index in [0.29, 0.717) is 27.2 Å². The summed E-state index contributed by atoms with van der Waals surface area (Å²) in [4.78, 5) is 28.8. The molecule has 0 unspecified atom stereocenters. The second-order valence-corrected chi connectivity index (χ2v) is 8.60. The van der Waals surface area contributed by atoms with Crippen molar-refractivity contribution >= 4 is 63.3 Å². The molecule has 5 rings (SSSR count). The van der Waals surface area contributed by atoms with Crippen molar-refractivity contribution in [3.63, 3.8) is 0 Å². The van der Waals surface area contributed by atoms with E-state index in [1.165, 1.54) is 11.8 Å². The van der Waals surface area contributed by atoms with E-state index >= 15 is 0 Å². The molecule has 0 aromatic heterocycles. The summed E-state index contributed by atoms with van der Waals surface area (Å²) in [5, 5.41) is 7.01. The lowest BCUT2D eigenvalue weighted by Crippen LogP contribution is -2.32. The van der Waals surface area contributed by atoms with E-state index in [9.17, 15) is 9.59 Å². The fourth-order valence-corrected chi connectivity index (χ4v) is 4.96. The molecule has 7 nitrogen and oxygen atoms in total. The van der Waals surface area contributed by atoms with Crippen molar-refractivity contribution in [3.05, 3.63) is 102 Å². The first kappa shape index (κ1) is 21.9. The van der Waals surface area contributed by atoms with Gasteiger partial charge in [-0.05, 0) is 60.4 Å². The molecule has 0 aliphatic carbocycles. The maximum atomic E-state index is 13.9. The van der Waals surface area contributed by atoms with E-state index in [1.54, 1.807) is 9.91 Å². The number of carbonyl (C=O) groups excluding carboxylic acids is 2. The molecule has 0 bridgehead atoms. The van der Waals surface area contributed by atoms with Crippen LogP contribution in [0.4, 0.5) is 17.1 Å². The Labute approximate surface area is 205 Å². The molecule has 2 aliphatic heterocycles.